The van der Waals surface area contributed by atoms with Gasteiger partial charge in [-0.25, -0.2) is 4.98 Å². The summed E-state index contributed by atoms with van der Waals surface area (Å²) in [5, 5.41) is 8.94. The molecule has 104 valence electrons. The summed E-state index contributed by atoms with van der Waals surface area (Å²) in [5.74, 6) is -0.262. The van der Waals surface area contributed by atoms with E-state index in [1.54, 1.807) is 19.1 Å². The normalized spacial score (nSPS) is 11.9. The summed E-state index contributed by atoms with van der Waals surface area (Å²) in [5.41, 5.74) is 3.01. The van der Waals surface area contributed by atoms with E-state index in [-0.39, 0.29) is 0 Å². The van der Waals surface area contributed by atoms with E-state index >= 15 is 0 Å². The molecule has 0 aliphatic carbocycles. The van der Waals surface area contributed by atoms with Gasteiger partial charge in [0.2, 0.25) is 5.88 Å². The number of benzene rings is 1. The molecule has 0 bridgehead atoms. The largest absolute Gasteiger partial charge is 0.481 e. The number of rotatable bonds is 4. The van der Waals surface area contributed by atoms with Crippen molar-refractivity contribution in [2.75, 3.05) is 0 Å². The number of ether oxygens (including phenoxy) is 1. The van der Waals surface area contributed by atoms with Crippen LogP contribution in [0.4, 0.5) is 0 Å². The van der Waals surface area contributed by atoms with E-state index in [1.807, 2.05) is 32.0 Å². The second-order valence-corrected chi connectivity index (χ2v) is 4.84. The highest BCUT2D eigenvalue weighted by molar-refractivity contribution is 5.75. The van der Waals surface area contributed by atoms with Crippen LogP contribution in [0, 0.1) is 13.8 Å². The molecule has 4 heteroatoms. The van der Waals surface area contributed by atoms with Crippen LogP contribution in [0.2, 0.25) is 0 Å². The van der Waals surface area contributed by atoms with Gasteiger partial charge in [-0.1, -0.05) is 12.1 Å². The van der Waals surface area contributed by atoms with Gasteiger partial charge in [-0.15, -0.1) is 0 Å². The van der Waals surface area contributed by atoms with Gasteiger partial charge in [-0.3, -0.25) is 4.79 Å². The third kappa shape index (κ3) is 3.15. The predicted molar refractivity (Wildman–Crippen MR) is 76.3 cm³/mol. The van der Waals surface area contributed by atoms with Crippen LogP contribution < -0.4 is 4.74 Å². The van der Waals surface area contributed by atoms with Crippen LogP contribution in [0.25, 0.3) is 0 Å². The maximum atomic E-state index is 10.9. The first-order chi connectivity index (χ1) is 9.47. The summed E-state index contributed by atoms with van der Waals surface area (Å²) in [6.45, 7) is 5.69. The molecule has 1 unspecified atom stereocenters. The number of aromatic nitrogens is 1. The molecule has 0 radical (unpaired) electrons. The molecule has 2 rings (SSSR count). The molecule has 4 nitrogen and oxygen atoms in total. The third-order valence-electron chi connectivity index (χ3n) is 3.33. The van der Waals surface area contributed by atoms with Crippen LogP contribution in [0.3, 0.4) is 0 Å². The first-order valence-electron chi connectivity index (χ1n) is 6.41. The number of aliphatic carboxylic acids is 1. The van der Waals surface area contributed by atoms with E-state index in [0.717, 1.165) is 11.3 Å². The molecular formula is C16H17NO3. The van der Waals surface area contributed by atoms with E-state index in [4.69, 9.17) is 9.84 Å². The van der Waals surface area contributed by atoms with Gasteiger partial charge in [0.1, 0.15) is 5.75 Å². The minimum atomic E-state index is -0.866. The smallest absolute Gasteiger partial charge is 0.310 e. The summed E-state index contributed by atoms with van der Waals surface area (Å²) in [6.07, 6.45) is 1.54. The SMILES string of the molecule is Cc1ccc(Oc2ccc(C(C)C(=O)O)cn2)cc1C. The highest BCUT2D eigenvalue weighted by atomic mass is 16.5. The summed E-state index contributed by atoms with van der Waals surface area (Å²) < 4.78 is 5.65. The van der Waals surface area contributed by atoms with Gasteiger partial charge in [0, 0.05) is 12.3 Å². The van der Waals surface area contributed by atoms with Gasteiger partial charge in [0.25, 0.3) is 0 Å². The first-order valence-corrected chi connectivity index (χ1v) is 6.41. The predicted octanol–water partition coefficient (Wildman–Crippen LogP) is 3.68. The van der Waals surface area contributed by atoms with Gasteiger partial charge in [-0.05, 0) is 49.6 Å². The molecule has 0 saturated heterocycles. The maximum absolute atomic E-state index is 10.9. The maximum Gasteiger partial charge on any atom is 0.310 e. The number of carbonyl (C=O) groups is 1. The molecule has 1 N–H and O–H groups in total. The quantitative estimate of drug-likeness (QED) is 0.921. The molecule has 1 atom stereocenters. The fourth-order valence-electron chi connectivity index (χ4n) is 1.75. The van der Waals surface area contributed by atoms with Crippen LogP contribution >= 0.6 is 0 Å². The lowest BCUT2D eigenvalue weighted by atomic mass is 10.0. The van der Waals surface area contributed by atoms with Crippen molar-refractivity contribution in [2.24, 2.45) is 0 Å². The van der Waals surface area contributed by atoms with Gasteiger partial charge in [0.15, 0.2) is 0 Å². The zero-order valence-electron chi connectivity index (χ0n) is 11.8. The Morgan fingerprint density at radius 3 is 2.50 bits per heavy atom. The number of carboxylic acids is 1. The number of aryl methyl sites for hydroxylation is 2. The Kier molecular flexibility index (Phi) is 4.03. The number of hydrogen-bond donors (Lipinski definition) is 1. The summed E-state index contributed by atoms with van der Waals surface area (Å²) in [6, 6.07) is 9.24. The Labute approximate surface area is 118 Å². The van der Waals surface area contributed by atoms with Gasteiger partial charge in [0.05, 0.1) is 5.92 Å². The highest BCUT2D eigenvalue weighted by Gasteiger charge is 2.13. The Balaban J connectivity index is 2.14. The van der Waals surface area contributed by atoms with Crippen molar-refractivity contribution in [3.8, 4) is 11.6 Å². The standard InChI is InChI=1S/C16H17NO3/c1-10-4-6-14(8-11(10)2)20-15-7-5-13(9-17-15)12(3)16(18)19/h4-9,12H,1-3H3,(H,18,19). The topological polar surface area (TPSA) is 59.4 Å². The Hall–Kier alpha value is -2.36. The molecule has 1 aromatic carbocycles. The van der Waals surface area contributed by atoms with E-state index in [1.165, 1.54) is 11.8 Å². The molecule has 0 saturated carbocycles. The third-order valence-corrected chi connectivity index (χ3v) is 3.33. The molecule has 1 aromatic heterocycles. The van der Waals surface area contributed by atoms with Crippen molar-refractivity contribution < 1.29 is 14.6 Å². The lowest BCUT2D eigenvalue weighted by Crippen LogP contribution is -2.07. The summed E-state index contributed by atoms with van der Waals surface area (Å²) in [7, 11) is 0. The van der Waals surface area contributed by atoms with Crippen LogP contribution in [0.5, 0.6) is 11.6 Å². The minimum Gasteiger partial charge on any atom is -0.481 e. The molecule has 2 aromatic rings. The summed E-state index contributed by atoms with van der Waals surface area (Å²) >= 11 is 0. The molecule has 0 fully saturated rings. The Morgan fingerprint density at radius 2 is 1.95 bits per heavy atom. The van der Waals surface area contributed by atoms with Gasteiger partial charge < -0.3 is 9.84 Å². The average molecular weight is 271 g/mol. The second-order valence-electron chi connectivity index (χ2n) is 4.84. The molecule has 0 spiro atoms. The van der Waals surface area contributed by atoms with Crippen molar-refractivity contribution in [2.45, 2.75) is 26.7 Å². The van der Waals surface area contributed by atoms with Gasteiger partial charge in [-0.2, -0.15) is 0 Å². The van der Waals surface area contributed by atoms with E-state index < -0.39 is 11.9 Å². The van der Waals surface area contributed by atoms with Crippen molar-refractivity contribution in [1.82, 2.24) is 4.98 Å². The number of hydrogen-bond acceptors (Lipinski definition) is 3. The number of nitrogens with zero attached hydrogens (tertiary/aromatic N) is 1. The molecule has 0 amide bonds. The van der Waals surface area contributed by atoms with E-state index in [2.05, 4.69) is 4.98 Å². The average Bonchev–Trinajstić information content (AvgIpc) is 2.43. The molecular weight excluding hydrogens is 254 g/mol. The lowest BCUT2D eigenvalue weighted by molar-refractivity contribution is -0.138. The number of pyridine rings is 1. The Bertz CT molecular complexity index is 620. The molecule has 20 heavy (non-hydrogen) atoms. The molecule has 0 aliphatic rings. The highest BCUT2D eigenvalue weighted by Crippen LogP contribution is 2.23. The van der Waals surface area contributed by atoms with Crippen LogP contribution in [-0.4, -0.2) is 16.1 Å². The number of carboxylic acid groups (broad SMARTS) is 1. The monoisotopic (exact) mass is 271 g/mol. The van der Waals surface area contributed by atoms with Crippen molar-refractivity contribution in [3.05, 3.63) is 53.2 Å². The minimum absolute atomic E-state index is 0.453. The fraction of sp³-hybridized carbons (Fsp3) is 0.250. The van der Waals surface area contributed by atoms with Crippen LogP contribution in [0.15, 0.2) is 36.5 Å². The zero-order chi connectivity index (χ0) is 14.7. The second kappa shape index (κ2) is 5.74. The van der Waals surface area contributed by atoms with E-state index in [9.17, 15) is 4.79 Å². The summed E-state index contributed by atoms with van der Waals surface area (Å²) in [4.78, 5) is 15.0. The van der Waals surface area contributed by atoms with Crippen molar-refractivity contribution in [1.29, 1.82) is 0 Å². The van der Waals surface area contributed by atoms with E-state index in [0.29, 0.717) is 11.4 Å². The molecule has 0 aliphatic heterocycles. The Morgan fingerprint density at radius 1 is 1.20 bits per heavy atom. The van der Waals surface area contributed by atoms with Crippen molar-refractivity contribution >= 4 is 5.97 Å². The first kappa shape index (κ1) is 14.1. The van der Waals surface area contributed by atoms with Crippen molar-refractivity contribution in [3.63, 3.8) is 0 Å². The van der Waals surface area contributed by atoms with Gasteiger partial charge >= 0.3 is 5.97 Å². The lowest BCUT2D eigenvalue weighted by Gasteiger charge is -2.09. The van der Waals surface area contributed by atoms with Crippen LogP contribution in [0.1, 0.15) is 29.5 Å². The van der Waals surface area contributed by atoms with Crippen LogP contribution in [-0.2, 0) is 4.79 Å². The fourth-order valence-corrected chi connectivity index (χ4v) is 1.75. The zero-order valence-corrected chi connectivity index (χ0v) is 11.8. The molecule has 1 heterocycles.